The second kappa shape index (κ2) is 6.40. The molecule has 0 aliphatic carbocycles. The smallest absolute Gasteiger partial charge is 0.140 e. The molecule has 1 aromatic rings. The number of rotatable bonds is 6. The van der Waals surface area contributed by atoms with Crippen LogP contribution >= 0.6 is 11.8 Å². The van der Waals surface area contributed by atoms with E-state index in [0.29, 0.717) is 5.92 Å². The van der Waals surface area contributed by atoms with E-state index in [-0.39, 0.29) is 0 Å². The maximum atomic E-state index is 4.32. The van der Waals surface area contributed by atoms with E-state index in [0.717, 1.165) is 31.4 Å². The Hall–Kier alpha value is -0.550. The molecule has 0 saturated carbocycles. The van der Waals surface area contributed by atoms with Crippen molar-refractivity contribution >= 4 is 11.8 Å². The first kappa shape index (κ1) is 12.9. The molecule has 4 nitrogen and oxygen atoms in total. The van der Waals surface area contributed by atoms with Gasteiger partial charge in [-0.25, -0.2) is 9.67 Å². The summed E-state index contributed by atoms with van der Waals surface area (Å²) in [6.45, 7) is 7.31. The van der Waals surface area contributed by atoms with Crippen molar-refractivity contribution in [2.45, 2.75) is 33.4 Å². The first-order chi connectivity index (χ1) is 8.25. The molecule has 1 atom stereocenters. The Kier molecular flexibility index (Phi) is 4.86. The lowest BCUT2D eigenvalue weighted by atomic mass is 10.1. The summed E-state index contributed by atoms with van der Waals surface area (Å²) in [5, 5.41) is 7.77. The number of hydrogen-bond donors (Lipinski definition) is 1. The fourth-order valence-electron chi connectivity index (χ4n) is 2.06. The molecule has 2 heterocycles. The van der Waals surface area contributed by atoms with Crippen LogP contribution in [0.5, 0.6) is 0 Å². The number of nitrogens with zero attached hydrogens (tertiary/aromatic N) is 3. The molecular weight excluding hydrogens is 232 g/mol. The Labute approximate surface area is 108 Å². The molecule has 17 heavy (non-hydrogen) atoms. The molecule has 0 bridgehead atoms. The van der Waals surface area contributed by atoms with Gasteiger partial charge in [0.25, 0.3) is 0 Å². The Morgan fingerprint density at radius 1 is 1.59 bits per heavy atom. The summed E-state index contributed by atoms with van der Waals surface area (Å²) in [5.74, 6) is 5.16. The van der Waals surface area contributed by atoms with E-state index in [4.69, 9.17) is 0 Å². The maximum Gasteiger partial charge on any atom is 0.140 e. The van der Waals surface area contributed by atoms with Crippen LogP contribution in [0.15, 0.2) is 6.33 Å². The zero-order valence-corrected chi connectivity index (χ0v) is 11.5. The van der Waals surface area contributed by atoms with Gasteiger partial charge in [0.1, 0.15) is 12.2 Å². The predicted octanol–water partition coefficient (Wildman–Crippen LogP) is 1.78. The predicted molar refractivity (Wildman–Crippen MR) is 72.0 cm³/mol. The van der Waals surface area contributed by atoms with Crippen LogP contribution < -0.4 is 5.32 Å². The molecular formula is C12H22N4S. The highest BCUT2D eigenvalue weighted by Crippen LogP contribution is 2.22. The Morgan fingerprint density at radius 3 is 3.18 bits per heavy atom. The van der Waals surface area contributed by atoms with Crippen LogP contribution in [0.25, 0.3) is 0 Å². The van der Waals surface area contributed by atoms with Gasteiger partial charge in [-0.3, -0.25) is 0 Å². The van der Waals surface area contributed by atoms with Gasteiger partial charge in [-0.2, -0.15) is 16.9 Å². The first-order valence-electron chi connectivity index (χ1n) is 6.41. The van der Waals surface area contributed by atoms with Crippen LogP contribution in [0.2, 0.25) is 0 Å². The SMILES string of the molecule is CC(C)Cn1ncnc1CNCC1CCSC1. The van der Waals surface area contributed by atoms with Gasteiger partial charge in [-0.05, 0) is 36.3 Å². The van der Waals surface area contributed by atoms with Crippen molar-refractivity contribution in [3.63, 3.8) is 0 Å². The summed E-state index contributed by atoms with van der Waals surface area (Å²) in [6.07, 6.45) is 3.02. The Morgan fingerprint density at radius 2 is 2.47 bits per heavy atom. The van der Waals surface area contributed by atoms with Gasteiger partial charge in [-0.15, -0.1) is 0 Å². The molecule has 5 heteroatoms. The zero-order valence-electron chi connectivity index (χ0n) is 10.7. The summed E-state index contributed by atoms with van der Waals surface area (Å²) in [5.41, 5.74) is 0. The van der Waals surface area contributed by atoms with E-state index in [1.165, 1.54) is 17.9 Å². The lowest BCUT2D eigenvalue weighted by Crippen LogP contribution is -2.24. The van der Waals surface area contributed by atoms with Gasteiger partial charge in [0, 0.05) is 6.54 Å². The van der Waals surface area contributed by atoms with Crippen molar-refractivity contribution in [1.82, 2.24) is 20.1 Å². The molecule has 1 saturated heterocycles. The van der Waals surface area contributed by atoms with Crippen LogP contribution in [0, 0.1) is 11.8 Å². The van der Waals surface area contributed by atoms with E-state index < -0.39 is 0 Å². The second-order valence-corrected chi connectivity index (χ2v) is 6.26. The van der Waals surface area contributed by atoms with Crippen LogP contribution in [0.1, 0.15) is 26.1 Å². The number of nitrogens with one attached hydrogen (secondary N) is 1. The van der Waals surface area contributed by atoms with Gasteiger partial charge in [0.05, 0.1) is 6.54 Å². The monoisotopic (exact) mass is 254 g/mol. The Bertz CT molecular complexity index is 331. The second-order valence-electron chi connectivity index (χ2n) is 5.11. The fraction of sp³-hybridized carbons (Fsp3) is 0.833. The molecule has 0 spiro atoms. The van der Waals surface area contributed by atoms with E-state index in [9.17, 15) is 0 Å². The number of aromatic nitrogens is 3. The van der Waals surface area contributed by atoms with Crippen LogP contribution in [0.4, 0.5) is 0 Å². The van der Waals surface area contributed by atoms with Crippen molar-refractivity contribution in [2.24, 2.45) is 11.8 Å². The maximum absolute atomic E-state index is 4.32. The summed E-state index contributed by atoms with van der Waals surface area (Å²) in [7, 11) is 0. The highest BCUT2D eigenvalue weighted by atomic mass is 32.2. The average Bonchev–Trinajstić information content (AvgIpc) is 2.90. The molecule has 0 amide bonds. The number of thioether (sulfide) groups is 1. The molecule has 0 aromatic carbocycles. The highest BCUT2D eigenvalue weighted by Gasteiger charge is 2.15. The van der Waals surface area contributed by atoms with Crippen LogP contribution in [-0.2, 0) is 13.1 Å². The minimum absolute atomic E-state index is 0.613. The summed E-state index contributed by atoms with van der Waals surface area (Å²) in [6, 6.07) is 0. The molecule has 1 unspecified atom stereocenters. The third-order valence-corrected chi connectivity index (χ3v) is 4.21. The molecule has 1 aliphatic rings. The third-order valence-electron chi connectivity index (χ3n) is 2.97. The molecule has 1 aromatic heterocycles. The van der Waals surface area contributed by atoms with E-state index >= 15 is 0 Å². The molecule has 0 radical (unpaired) electrons. The summed E-state index contributed by atoms with van der Waals surface area (Å²) < 4.78 is 2.01. The van der Waals surface area contributed by atoms with Crippen LogP contribution in [0.3, 0.4) is 0 Å². The third kappa shape index (κ3) is 4.00. The van der Waals surface area contributed by atoms with Gasteiger partial charge in [0.2, 0.25) is 0 Å². The minimum atomic E-state index is 0.613. The lowest BCUT2D eigenvalue weighted by molar-refractivity contribution is 0.448. The fourth-order valence-corrected chi connectivity index (χ4v) is 3.34. The van der Waals surface area contributed by atoms with Crippen LogP contribution in [-0.4, -0.2) is 32.8 Å². The van der Waals surface area contributed by atoms with Crippen molar-refractivity contribution in [2.75, 3.05) is 18.1 Å². The number of hydrogen-bond acceptors (Lipinski definition) is 4. The van der Waals surface area contributed by atoms with E-state index in [2.05, 4.69) is 41.0 Å². The normalized spacial score (nSPS) is 20.3. The minimum Gasteiger partial charge on any atom is -0.310 e. The van der Waals surface area contributed by atoms with Gasteiger partial charge < -0.3 is 5.32 Å². The van der Waals surface area contributed by atoms with Crippen molar-refractivity contribution in [3.05, 3.63) is 12.2 Å². The zero-order chi connectivity index (χ0) is 12.1. The average molecular weight is 254 g/mol. The quantitative estimate of drug-likeness (QED) is 0.840. The van der Waals surface area contributed by atoms with Gasteiger partial charge in [0.15, 0.2) is 0 Å². The van der Waals surface area contributed by atoms with Gasteiger partial charge in [-0.1, -0.05) is 13.8 Å². The molecule has 96 valence electrons. The van der Waals surface area contributed by atoms with E-state index in [1.54, 1.807) is 6.33 Å². The van der Waals surface area contributed by atoms with Crippen molar-refractivity contribution < 1.29 is 0 Å². The molecule has 1 N–H and O–H groups in total. The topological polar surface area (TPSA) is 42.7 Å². The standard InChI is InChI=1S/C12H22N4S/c1-10(2)7-16-12(14-9-15-16)6-13-5-11-3-4-17-8-11/h9-11,13H,3-8H2,1-2H3. The molecule has 1 aliphatic heterocycles. The Balaban J connectivity index is 1.75. The first-order valence-corrected chi connectivity index (χ1v) is 7.56. The largest absolute Gasteiger partial charge is 0.310 e. The van der Waals surface area contributed by atoms with Crippen molar-refractivity contribution in [1.29, 1.82) is 0 Å². The molecule has 2 rings (SSSR count). The highest BCUT2D eigenvalue weighted by molar-refractivity contribution is 7.99. The molecule has 1 fully saturated rings. The van der Waals surface area contributed by atoms with Crippen molar-refractivity contribution in [3.8, 4) is 0 Å². The summed E-state index contributed by atoms with van der Waals surface area (Å²) >= 11 is 2.07. The lowest BCUT2D eigenvalue weighted by Gasteiger charge is -2.11. The summed E-state index contributed by atoms with van der Waals surface area (Å²) in [4.78, 5) is 4.32. The van der Waals surface area contributed by atoms with E-state index in [1.807, 2.05) is 4.68 Å². The van der Waals surface area contributed by atoms with Gasteiger partial charge >= 0.3 is 0 Å².